The van der Waals surface area contributed by atoms with Crippen LogP contribution in [0.5, 0.6) is 0 Å². The summed E-state index contributed by atoms with van der Waals surface area (Å²) in [5.41, 5.74) is 2.76. The zero-order chi connectivity index (χ0) is 19.8. The van der Waals surface area contributed by atoms with Gasteiger partial charge < -0.3 is 15.0 Å². The summed E-state index contributed by atoms with van der Waals surface area (Å²) in [6.07, 6.45) is 3.17. The summed E-state index contributed by atoms with van der Waals surface area (Å²) in [6.45, 7) is 0.429. The lowest BCUT2D eigenvalue weighted by atomic mass is 10.1. The van der Waals surface area contributed by atoms with Crippen LogP contribution in [0.25, 0.3) is 6.08 Å². The van der Waals surface area contributed by atoms with E-state index in [4.69, 9.17) is 0 Å². The second-order valence-corrected chi connectivity index (χ2v) is 5.92. The van der Waals surface area contributed by atoms with Gasteiger partial charge in [-0.2, -0.15) is 0 Å². The lowest BCUT2D eigenvalue weighted by molar-refractivity contribution is -0.125. The molecule has 0 heterocycles. The van der Waals surface area contributed by atoms with Crippen LogP contribution in [0.2, 0.25) is 0 Å². The Morgan fingerprint density at radius 3 is 2.15 bits per heavy atom. The molecule has 6 heteroatoms. The van der Waals surface area contributed by atoms with Gasteiger partial charge in [0.25, 0.3) is 5.91 Å². The van der Waals surface area contributed by atoms with Gasteiger partial charge in [0.05, 0.1) is 12.7 Å². The number of hydrogen-bond acceptors (Lipinski definition) is 4. The number of esters is 1. The smallest absolute Gasteiger partial charge is 0.337 e. The van der Waals surface area contributed by atoms with Crippen molar-refractivity contribution in [3.05, 3.63) is 76.9 Å². The van der Waals surface area contributed by atoms with E-state index < -0.39 is 5.97 Å². The molecular weight excluding hydrogens is 344 g/mol. The molecule has 140 valence electrons. The monoisotopic (exact) mass is 366 g/mol. The topological polar surface area (TPSA) is 75.7 Å². The number of ether oxygens (including phenoxy) is 1. The first-order valence-electron chi connectivity index (χ1n) is 8.37. The average Bonchev–Trinajstić information content (AvgIpc) is 2.71. The van der Waals surface area contributed by atoms with Crippen molar-refractivity contribution in [1.82, 2.24) is 10.2 Å². The first kappa shape index (κ1) is 19.9. The predicted octanol–water partition coefficient (Wildman–Crippen LogP) is 2.50. The number of rotatable bonds is 6. The molecule has 0 saturated heterocycles. The first-order chi connectivity index (χ1) is 12.9. The van der Waals surface area contributed by atoms with Crippen LogP contribution in [0.1, 0.15) is 31.8 Å². The van der Waals surface area contributed by atoms with Crippen molar-refractivity contribution in [3.63, 3.8) is 0 Å². The zero-order valence-electron chi connectivity index (χ0n) is 15.6. The predicted molar refractivity (Wildman–Crippen MR) is 103 cm³/mol. The van der Waals surface area contributed by atoms with Crippen molar-refractivity contribution in [1.29, 1.82) is 0 Å². The number of nitrogens with one attached hydrogen (secondary N) is 1. The Kier molecular flexibility index (Phi) is 6.88. The highest BCUT2D eigenvalue weighted by Crippen LogP contribution is 2.10. The molecule has 0 aliphatic heterocycles. The maximum absolute atomic E-state index is 12.3. The fourth-order valence-electron chi connectivity index (χ4n) is 2.40. The number of methoxy groups -OCH3 is 1. The lowest BCUT2D eigenvalue weighted by Crippen LogP contribution is -2.24. The molecule has 2 amide bonds. The molecule has 27 heavy (non-hydrogen) atoms. The van der Waals surface area contributed by atoms with Crippen LogP contribution in [-0.4, -0.2) is 43.9 Å². The highest BCUT2D eigenvalue weighted by atomic mass is 16.5. The summed E-state index contributed by atoms with van der Waals surface area (Å²) in [5.74, 6) is -0.696. The van der Waals surface area contributed by atoms with Gasteiger partial charge in [-0.15, -0.1) is 0 Å². The molecule has 0 spiro atoms. The zero-order valence-corrected chi connectivity index (χ0v) is 15.6. The molecule has 0 aromatic heterocycles. The third-order valence-corrected chi connectivity index (χ3v) is 3.99. The second kappa shape index (κ2) is 9.33. The molecule has 0 radical (unpaired) electrons. The molecule has 0 bridgehead atoms. The van der Waals surface area contributed by atoms with Gasteiger partial charge in [-0.05, 0) is 41.5 Å². The summed E-state index contributed by atoms with van der Waals surface area (Å²) in [6, 6.07) is 13.9. The fourth-order valence-corrected chi connectivity index (χ4v) is 2.40. The van der Waals surface area contributed by atoms with Crippen LogP contribution in [0.3, 0.4) is 0 Å². The SMILES string of the molecule is CNC(=O)c1ccc(CN(C)C(=O)/C=C\c2ccc(C(=O)OC)cc2)cc1. The van der Waals surface area contributed by atoms with E-state index in [0.717, 1.165) is 11.1 Å². The number of hydrogen-bond donors (Lipinski definition) is 1. The molecule has 0 atom stereocenters. The fraction of sp³-hybridized carbons (Fsp3) is 0.190. The summed E-state index contributed by atoms with van der Waals surface area (Å²) in [5, 5.41) is 2.57. The van der Waals surface area contributed by atoms with Crippen molar-refractivity contribution in [2.45, 2.75) is 6.54 Å². The maximum atomic E-state index is 12.3. The third kappa shape index (κ3) is 5.54. The van der Waals surface area contributed by atoms with Gasteiger partial charge in [0.1, 0.15) is 0 Å². The Balaban J connectivity index is 1.95. The molecule has 0 aliphatic carbocycles. The quantitative estimate of drug-likeness (QED) is 0.630. The van der Waals surface area contributed by atoms with Crippen LogP contribution >= 0.6 is 0 Å². The van der Waals surface area contributed by atoms with E-state index in [1.54, 1.807) is 61.5 Å². The van der Waals surface area contributed by atoms with Crippen molar-refractivity contribution in [3.8, 4) is 0 Å². The van der Waals surface area contributed by atoms with Crippen LogP contribution < -0.4 is 5.32 Å². The first-order valence-corrected chi connectivity index (χ1v) is 8.37. The van der Waals surface area contributed by atoms with E-state index in [9.17, 15) is 14.4 Å². The standard InChI is InChI=1S/C21H22N2O4/c1-22-20(25)17-9-6-16(7-10-17)14-23(2)19(24)13-8-15-4-11-18(12-5-15)21(26)27-3/h4-13H,14H2,1-3H3,(H,22,25)/b13-8-. The Morgan fingerprint density at radius 2 is 1.59 bits per heavy atom. The summed E-state index contributed by atoms with van der Waals surface area (Å²) in [4.78, 5) is 36.8. The van der Waals surface area contributed by atoms with Crippen LogP contribution in [0.15, 0.2) is 54.6 Å². The van der Waals surface area contributed by atoms with Crippen molar-refractivity contribution in [2.75, 3.05) is 21.2 Å². The van der Waals surface area contributed by atoms with Gasteiger partial charge in [-0.25, -0.2) is 4.79 Å². The third-order valence-electron chi connectivity index (χ3n) is 3.99. The minimum atomic E-state index is -0.399. The summed E-state index contributed by atoms with van der Waals surface area (Å²) in [7, 11) is 4.62. The average molecular weight is 366 g/mol. The van der Waals surface area contributed by atoms with E-state index in [1.807, 2.05) is 12.1 Å². The lowest BCUT2D eigenvalue weighted by Gasteiger charge is -2.15. The number of carbonyl (C=O) groups excluding carboxylic acids is 3. The summed E-state index contributed by atoms with van der Waals surface area (Å²) < 4.78 is 4.65. The molecule has 2 aromatic rings. The molecule has 0 fully saturated rings. The van der Waals surface area contributed by atoms with E-state index in [0.29, 0.717) is 17.7 Å². The molecule has 2 aromatic carbocycles. The molecule has 0 unspecified atom stereocenters. The van der Waals surface area contributed by atoms with Gasteiger partial charge in [0, 0.05) is 32.3 Å². The van der Waals surface area contributed by atoms with Crippen molar-refractivity contribution in [2.24, 2.45) is 0 Å². The van der Waals surface area contributed by atoms with Gasteiger partial charge in [-0.3, -0.25) is 9.59 Å². The maximum Gasteiger partial charge on any atom is 0.337 e. The highest BCUT2D eigenvalue weighted by Gasteiger charge is 2.08. The van der Waals surface area contributed by atoms with E-state index >= 15 is 0 Å². The van der Waals surface area contributed by atoms with Crippen LogP contribution in [-0.2, 0) is 16.1 Å². The van der Waals surface area contributed by atoms with Crippen LogP contribution in [0, 0.1) is 0 Å². The van der Waals surface area contributed by atoms with Crippen molar-refractivity contribution < 1.29 is 19.1 Å². The highest BCUT2D eigenvalue weighted by molar-refractivity contribution is 5.94. The molecular formula is C21H22N2O4. The van der Waals surface area contributed by atoms with Gasteiger partial charge in [0.15, 0.2) is 0 Å². The van der Waals surface area contributed by atoms with E-state index in [-0.39, 0.29) is 11.8 Å². The minimum absolute atomic E-state index is 0.146. The molecule has 1 N–H and O–H groups in total. The normalized spacial score (nSPS) is 10.5. The minimum Gasteiger partial charge on any atom is -0.465 e. The molecule has 6 nitrogen and oxygen atoms in total. The number of carbonyl (C=O) groups is 3. The van der Waals surface area contributed by atoms with Gasteiger partial charge in [0.2, 0.25) is 5.91 Å². The Bertz CT molecular complexity index is 839. The number of nitrogens with zero attached hydrogens (tertiary/aromatic N) is 1. The van der Waals surface area contributed by atoms with Crippen molar-refractivity contribution >= 4 is 23.9 Å². The van der Waals surface area contributed by atoms with E-state index in [2.05, 4.69) is 10.1 Å². The number of benzene rings is 2. The Labute approximate surface area is 158 Å². The van der Waals surface area contributed by atoms with Crippen LogP contribution in [0.4, 0.5) is 0 Å². The largest absolute Gasteiger partial charge is 0.465 e. The van der Waals surface area contributed by atoms with Gasteiger partial charge >= 0.3 is 5.97 Å². The molecule has 2 rings (SSSR count). The van der Waals surface area contributed by atoms with Gasteiger partial charge in [-0.1, -0.05) is 24.3 Å². The summed E-state index contributed by atoms with van der Waals surface area (Å²) >= 11 is 0. The Hall–Kier alpha value is -3.41. The number of likely N-dealkylation sites (N-methyl/N-ethyl adjacent to an activating group) is 1. The second-order valence-electron chi connectivity index (χ2n) is 5.92. The van der Waals surface area contributed by atoms with E-state index in [1.165, 1.54) is 13.2 Å². The Morgan fingerprint density at radius 1 is 1.00 bits per heavy atom. The molecule has 0 aliphatic rings. The number of amides is 2. The molecule has 0 saturated carbocycles.